The Morgan fingerprint density at radius 2 is 2.35 bits per heavy atom. The van der Waals surface area contributed by atoms with Crippen LogP contribution in [0.25, 0.3) is 0 Å². The molecule has 0 radical (unpaired) electrons. The van der Waals surface area contributed by atoms with Crippen LogP contribution < -0.4 is 11.5 Å². The van der Waals surface area contributed by atoms with E-state index in [4.69, 9.17) is 11.5 Å². The van der Waals surface area contributed by atoms with Crippen LogP contribution in [0.2, 0.25) is 0 Å². The Hall–Kier alpha value is -1.44. The summed E-state index contributed by atoms with van der Waals surface area (Å²) >= 11 is 0. The van der Waals surface area contributed by atoms with Crippen LogP contribution in [0.15, 0.2) is 6.20 Å². The minimum atomic E-state index is -0.485. The Morgan fingerprint density at radius 3 is 3.10 bits per heavy atom. The Morgan fingerprint density at radius 1 is 1.55 bits per heavy atom. The number of rotatable bonds is 2. The number of aliphatic hydroxyl groups excluding tert-OH is 1. The molecule has 20 heavy (non-hydrogen) atoms. The molecule has 7 heteroatoms. The van der Waals surface area contributed by atoms with Crippen molar-refractivity contribution < 1.29 is 9.90 Å². The van der Waals surface area contributed by atoms with E-state index < -0.39 is 6.10 Å². The fraction of sp³-hybridized carbons (Fsp3) is 0.692. The number of hydrogen-bond donors (Lipinski definition) is 3. The highest BCUT2D eigenvalue weighted by Crippen LogP contribution is 2.24. The second kappa shape index (κ2) is 5.16. The summed E-state index contributed by atoms with van der Waals surface area (Å²) in [6.45, 7) is 1.47. The maximum absolute atomic E-state index is 12.7. The molecule has 5 N–H and O–H groups in total. The van der Waals surface area contributed by atoms with Crippen molar-refractivity contribution in [1.82, 2.24) is 14.7 Å². The number of hydrogen-bond acceptors (Lipinski definition) is 5. The van der Waals surface area contributed by atoms with Gasteiger partial charge in [0.15, 0.2) is 0 Å². The number of nitrogens with two attached hydrogens (primary N) is 2. The van der Waals surface area contributed by atoms with E-state index in [9.17, 15) is 9.90 Å². The van der Waals surface area contributed by atoms with E-state index in [0.29, 0.717) is 31.5 Å². The molecule has 1 amide bonds. The SMILES string of the molecule is NC[C@H]1C[C@@H](O)CN1C(=O)c1cnn2c1CC(N)CC2. The Balaban J connectivity index is 1.86. The van der Waals surface area contributed by atoms with Gasteiger partial charge in [0, 0.05) is 38.1 Å². The van der Waals surface area contributed by atoms with Gasteiger partial charge in [0.2, 0.25) is 0 Å². The van der Waals surface area contributed by atoms with Crippen molar-refractivity contribution in [1.29, 1.82) is 0 Å². The van der Waals surface area contributed by atoms with Gasteiger partial charge in [-0.1, -0.05) is 0 Å². The van der Waals surface area contributed by atoms with E-state index in [1.54, 1.807) is 11.1 Å². The van der Waals surface area contributed by atoms with Crippen molar-refractivity contribution in [3.8, 4) is 0 Å². The van der Waals surface area contributed by atoms with Crippen LogP contribution in [-0.2, 0) is 13.0 Å². The lowest BCUT2D eigenvalue weighted by atomic mass is 10.0. The summed E-state index contributed by atoms with van der Waals surface area (Å²) in [4.78, 5) is 14.3. The third kappa shape index (κ3) is 2.21. The van der Waals surface area contributed by atoms with Gasteiger partial charge in [0.25, 0.3) is 5.91 Å². The number of amides is 1. The number of aliphatic hydroxyl groups is 1. The van der Waals surface area contributed by atoms with E-state index in [-0.39, 0.29) is 18.0 Å². The molecule has 110 valence electrons. The smallest absolute Gasteiger partial charge is 0.257 e. The molecule has 3 atom stereocenters. The van der Waals surface area contributed by atoms with Gasteiger partial charge in [-0.3, -0.25) is 9.48 Å². The molecule has 3 heterocycles. The van der Waals surface area contributed by atoms with Crippen LogP contribution in [0.3, 0.4) is 0 Å². The van der Waals surface area contributed by atoms with E-state index in [1.807, 2.05) is 4.68 Å². The largest absolute Gasteiger partial charge is 0.391 e. The predicted octanol–water partition coefficient (Wildman–Crippen LogP) is -1.31. The first-order valence-electron chi connectivity index (χ1n) is 7.09. The molecular weight excluding hydrogens is 258 g/mol. The van der Waals surface area contributed by atoms with Crippen molar-refractivity contribution in [2.24, 2.45) is 11.5 Å². The maximum atomic E-state index is 12.7. The Bertz CT molecular complexity index is 515. The fourth-order valence-electron chi connectivity index (χ4n) is 3.15. The maximum Gasteiger partial charge on any atom is 0.257 e. The zero-order chi connectivity index (χ0) is 14.3. The molecule has 1 unspecified atom stereocenters. The van der Waals surface area contributed by atoms with Gasteiger partial charge in [-0.05, 0) is 12.8 Å². The average molecular weight is 279 g/mol. The zero-order valence-electron chi connectivity index (χ0n) is 11.4. The Labute approximate surface area is 117 Å². The first-order chi connectivity index (χ1) is 9.60. The van der Waals surface area contributed by atoms with Gasteiger partial charge in [-0.15, -0.1) is 0 Å². The molecule has 2 aliphatic rings. The van der Waals surface area contributed by atoms with Crippen LogP contribution in [0.1, 0.15) is 28.9 Å². The van der Waals surface area contributed by atoms with E-state index >= 15 is 0 Å². The van der Waals surface area contributed by atoms with E-state index in [2.05, 4.69) is 5.10 Å². The molecule has 1 aromatic heterocycles. The Kier molecular flexibility index (Phi) is 3.49. The first kappa shape index (κ1) is 13.5. The van der Waals surface area contributed by atoms with Gasteiger partial charge >= 0.3 is 0 Å². The molecule has 1 saturated heterocycles. The van der Waals surface area contributed by atoms with Crippen LogP contribution in [0, 0.1) is 0 Å². The van der Waals surface area contributed by atoms with Crippen LogP contribution in [0.5, 0.6) is 0 Å². The summed E-state index contributed by atoms with van der Waals surface area (Å²) in [6, 6.07) is -0.00876. The molecule has 0 aromatic carbocycles. The second-order valence-electron chi connectivity index (χ2n) is 5.72. The summed E-state index contributed by atoms with van der Waals surface area (Å²) < 4.78 is 1.86. The fourth-order valence-corrected chi connectivity index (χ4v) is 3.15. The monoisotopic (exact) mass is 279 g/mol. The lowest BCUT2D eigenvalue weighted by Crippen LogP contribution is -2.41. The molecule has 0 bridgehead atoms. The second-order valence-corrected chi connectivity index (χ2v) is 5.72. The number of β-amino-alcohol motifs (C(OH)–C–C–N with tert-alkyl or cyclic N) is 1. The summed E-state index contributed by atoms with van der Waals surface area (Å²) in [5.41, 5.74) is 13.2. The van der Waals surface area contributed by atoms with Gasteiger partial charge in [-0.25, -0.2) is 0 Å². The summed E-state index contributed by atoms with van der Waals surface area (Å²) in [7, 11) is 0. The summed E-state index contributed by atoms with van der Waals surface area (Å²) in [5, 5.41) is 14.0. The summed E-state index contributed by atoms with van der Waals surface area (Å²) in [5.74, 6) is -0.0904. The quantitative estimate of drug-likeness (QED) is 0.622. The van der Waals surface area contributed by atoms with Gasteiger partial charge in [0.1, 0.15) is 0 Å². The van der Waals surface area contributed by atoms with Crippen molar-refractivity contribution >= 4 is 5.91 Å². The zero-order valence-corrected chi connectivity index (χ0v) is 11.4. The first-order valence-corrected chi connectivity index (χ1v) is 7.09. The number of carbonyl (C=O) groups is 1. The van der Waals surface area contributed by atoms with Crippen molar-refractivity contribution in [2.75, 3.05) is 13.1 Å². The van der Waals surface area contributed by atoms with E-state index in [1.165, 1.54) is 0 Å². The molecule has 0 spiro atoms. The molecule has 1 aromatic rings. The molecular formula is C13H21N5O2. The topological polar surface area (TPSA) is 110 Å². The van der Waals surface area contributed by atoms with Gasteiger partial charge in [-0.2, -0.15) is 5.10 Å². The number of aryl methyl sites for hydroxylation is 1. The highest BCUT2D eigenvalue weighted by Gasteiger charge is 2.36. The number of likely N-dealkylation sites (tertiary alicyclic amines) is 1. The molecule has 3 rings (SSSR count). The number of nitrogens with zero attached hydrogens (tertiary/aromatic N) is 3. The van der Waals surface area contributed by atoms with Crippen LogP contribution in [0.4, 0.5) is 0 Å². The minimum Gasteiger partial charge on any atom is -0.391 e. The highest BCUT2D eigenvalue weighted by molar-refractivity contribution is 5.95. The average Bonchev–Trinajstić information content (AvgIpc) is 3.00. The number of carbonyl (C=O) groups excluding carboxylic acids is 1. The highest BCUT2D eigenvalue weighted by atomic mass is 16.3. The summed E-state index contributed by atoms with van der Waals surface area (Å²) in [6.07, 6.45) is 3.24. The minimum absolute atomic E-state index is 0.0835. The number of aromatic nitrogens is 2. The van der Waals surface area contributed by atoms with E-state index in [0.717, 1.165) is 18.7 Å². The molecule has 2 aliphatic heterocycles. The van der Waals surface area contributed by atoms with Crippen molar-refractivity contribution in [2.45, 2.75) is 44.0 Å². The van der Waals surface area contributed by atoms with Crippen molar-refractivity contribution in [3.05, 3.63) is 17.5 Å². The van der Waals surface area contributed by atoms with Gasteiger partial charge < -0.3 is 21.5 Å². The van der Waals surface area contributed by atoms with Crippen LogP contribution in [-0.4, -0.2) is 57.0 Å². The molecule has 0 aliphatic carbocycles. The third-order valence-electron chi connectivity index (χ3n) is 4.27. The predicted molar refractivity (Wildman–Crippen MR) is 73.0 cm³/mol. The lowest BCUT2D eigenvalue weighted by molar-refractivity contribution is 0.0719. The lowest BCUT2D eigenvalue weighted by Gasteiger charge is -2.25. The van der Waals surface area contributed by atoms with Crippen molar-refractivity contribution in [3.63, 3.8) is 0 Å². The third-order valence-corrected chi connectivity index (χ3v) is 4.27. The normalized spacial score (nSPS) is 29.6. The van der Waals surface area contributed by atoms with Crippen LogP contribution >= 0.6 is 0 Å². The standard InChI is InChI=1S/C13H21N5O2/c14-5-9-4-10(19)7-17(9)13(20)11-6-16-18-2-1-8(15)3-12(11)18/h6,8-10,19H,1-5,7,14-15H2/t8?,9-,10-/m1/s1. The molecule has 1 fully saturated rings. The molecule has 0 saturated carbocycles. The molecule has 7 nitrogen and oxygen atoms in total. The van der Waals surface area contributed by atoms with Gasteiger partial charge in [0.05, 0.1) is 23.6 Å². The number of fused-ring (bicyclic) bond motifs is 1.